The van der Waals surface area contributed by atoms with Crippen LogP contribution in [-0.2, 0) is 11.4 Å². The predicted octanol–water partition coefficient (Wildman–Crippen LogP) is 1.20. The minimum absolute atomic E-state index is 0.0390. The molecule has 6 heteroatoms. The lowest BCUT2D eigenvalue weighted by Gasteiger charge is -2.18. The van der Waals surface area contributed by atoms with E-state index in [0.29, 0.717) is 22.8 Å². The molecule has 1 heterocycles. The SMILES string of the molecule is COc1cc(CO)cc(OC)c1OCC(=O)N1CCCC1. The number of hydrogen-bond acceptors (Lipinski definition) is 5. The molecule has 0 unspecified atom stereocenters. The van der Waals surface area contributed by atoms with Crippen molar-refractivity contribution < 1.29 is 24.1 Å². The molecule has 1 aromatic rings. The highest BCUT2D eigenvalue weighted by atomic mass is 16.5. The van der Waals surface area contributed by atoms with Gasteiger partial charge in [0.25, 0.3) is 5.91 Å². The molecule has 1 fully saturated rings. The number of methoxy groups -OCH3 is 2. The van der Waals surface area contributed by atoms with E-state index in [1.165, 1.54) is 14.2 Å². The van der Waals surface area contributed by atoms with Crippen LogP contribution in [0.4, 0.5) is 0 Å². The van der Waals surface area contributed by atoms with Crippen LogP contribution in [0.2, 0.25) is 0 Å². The molecule has 0 aromatic heterocycles. The zero-order valence-corrected chi connectivity index (χ0v) is 12.4. The van der Waals surface area contributed by atoms with Crippen molar-refractivity contribution in [3.8, 4) is 17.2 Å². The van der Waals surface area contributed by atoms with E-state index in [4.69, 9.17) is 14.2 Å². The number of hydrogen-bond donors (Lipinski definition) is 1. The van der Waals surface area contributed by atoms with Gasteiger partial charge in [0.15, 0.2) is 18.1 Å². The molecule has 0 bridgehead atoms. The molecule has 21 heavy (non-hydrogen) atoms. The molecule has 0 spiro atoms. The second kappa shape index (κ2) is 7.17. The second-order valence-electron chi connectivity index (χ2n) is 4.86. The number of carbonyl (C=O) groups excluding carboxylic acids is 1. The van der Waals surface area contributed by atoms with Crippen molar-refractivity contribution in [2.24, 2.45) is 0 Å². The summed E-state index contributed by atoms with van der Waals surface area (Å²) in [7, 11) is 3.01. The Kier molecular flexibility index (Phi) is 5.27. The Balaban J connectivity index is 2.12. The highest BCUT2D eigenvalue weighted by molar-refractivity contribution is 5.78. The quantitative estimate of drug-likeness (QED) is 0.854. The molecule has 1 amide bonds. The summed E-state index contributed by atoms with van der Waals surface area (Å²) in [4.78, 5) is 13.8. The van der Waals surface area contributed by atoms with Crippen molar-refractivity contribution in [3.63, 3.8) is 0 Å². The first-order valence-corrected chi connectivity index (χ1v) is 6.96. The number of aliphatic hydroxyl groups excluding tert-OH is 1. The van der Waals surface area contributed by atoms with E-state index in [-0.39, 0.29) is 19.1 Å². The fraction of sp³-hybridized carbons (Fsp3) is 0.533. The lowest BCUT2D eigenvalue weighted by Crippen LogP contribution is -2.32. The first-order valence-electron chi connectivity index (χ1n) is 6.96. The minimum Gasteiger partial charge on any atom is -0.493 e. The van der Waals surface area contributed by atoms with Gasteiger partial charge in [0, 0.05) is 13.1 Å². The second-order valence-corrected chi connectivity index (χ2v) is 4.86. The highest BCUT2D eigenvalue weighted by Gasteiger charge is 2.20. The van der Waals surface area contributed by atoms with Crippen LogP contribution in [0.5, 0.6) is 17.2 Å². The zero-order chi connectivity index (χ0) is 15.2. The van der Waals surface area contributed by atoms with Crippen LogP contribution < -0.4 is 14.2 Å². The number of carbonyl (C=O) groups is 1. The average molecular weight is 295 g/mol. The van der Waals surface area contributed by atoms with Crippen molar-refractivity contribution >= 4 is 5.91 Å². The molecule has 0 radical (unpaired) electrons. The van der Waals surface area contributed by atoms with Crippen molar-refractivity contribution in [1.82, 2.24) is 4.90 Å². The number of nitrogens with zero attached hydrogens (tertiary/aromatic N) is 1. The third kappa shape index (κ3) is 3.58. The number of ether oxygens (including phenoxy) is 3. The molecule has 0 atom stereocenters. The van der Waals surface area contributed by atoms with Gasteiger partial charge in [-0.25, -0.2) is 0 Å². The van der Waals surface area contributed by atoms with Crippen LogP contribution in [0.3, 0.4) is 0 Å². The number of amides is 1. The van der Waals surface area contributed by atoms with Gasteiger partial charge in [-0.2, -0.15) is 0 Å². The van der Waals surface area contributed by atoms with E-state index < -0.39 is 0 Å². The van der Waals surface area contributed by atoms with E-state index in [2.05, 4.69) is 0 Å². The summed E-state index contributed by atoms with van der Waals surface area (Å²) >= 11 is 0. The van der Waals surface area contributed by atoms with Gasteiger partial charge in [-0.3, -0.25) is 4.79 Å². The first kappa shape index (κ1) is 15.4. The summed E-state index contributed by atoms with van der Waals surface area (Å²) < 4.78 is 16.1. The Labute approximate surface area is 124 Å². The lowest BCUT2D eigenvalue weighted by molar-refractivity contribution is -0.132. The fourth-order valence-electron chi connectivity index (χ4n) is 2.36. The predicted molar refractivity (Wildman–Crippen MR) is 76.8 cm³/mol. The normalized spacial score (nSPS) is 14.1. The van der Waals surface area contributed by atoms with Gasteiger partial charge in [-0.1, -0.05) is 0 Å². The van der Waals surface area contributed by atoms with Crippen molar-refractivity contribution in [2.75, 3.05) is 33.9 Å². The number of benzene rings is 1. The Hall–Kier alpha value is -1.95. The molecule has 1 aromatic carbocycles. The molecule has 6 nitrogen and oxygen atoms in total. The topological polar surface area (TPSA) is 68.2 Å². The van der Waals surface area contributed by atoms with Gasteiger partial charge in [-0.15, -0.1) is 0 Å². The number of aliphatic hydroxyl groups is 1. The summed E-state index contributed by atoms with van der Waals surface area (Å²) in [5.41, 5.74) is 0.655. The van der Waals surface area contributed by atoms with Crippen LogP contribution in [0, 0.1) is 0 Å². The van der Waals surface area contributed by atoms with Crippen molar-refractivity contribution in [3.05, 3.63) is 17.7 Å². The van der Waals surface area contributed by atoms with Gasteiger partial charge >= 0.3 is 0 Å². The van der Waals surface area contributed by atoms with E-state index in [1.807, 2.05) is 0 Å². The summed E-state index contributed by atoms with van der Waals surface area (Å²) in [6, 6.07) is 3.33. The standard InChI is InChI=1S/C15H21NO5/c1-19-12-7-11(9-17)8-13(20-2)15(12)21-10-14(18)16-5-3-4-6-16/h7-8,17H,3-6,9-10H2,1-2H3. The van der Waals surface area contributed by atoms with Crippen LogP contribution in [0.25, 0.3) is 0 Å². The Morgan fingerprint density at radius 3 is 2.24 bits per heavy atom. The van der Waals surface area contributed by atoms with Gasteiger partial charge < -0.3 is 24.2 Å². The molecular weight excluding hydrogens is 274 g/mol. The maximum atomic E-state index is 12.0. The number of likely N-dealkylation sites (tertiary alicyclic amines) is 1. The number of rotatable bonds is 6. The minimum atomic E-state index is -0.125. The molecule has 0 aliphatic carbocycles. The smallest absolute Gasteiger partial charge is 0.260 e. The maximum Gasteiger partial charge on any atom is 0.260 e. The van der Waals surface area contributed by atoms with Gasteiger partial charge in [0.05, 0.1) is 20.8 Å². The van der Waals surface area contributed by atoms with Gasteiger partial charge in [0.1, 0.15) is 0 Å². The molecule has 1 N–H and O–H groups in total. The summed E-state index contributed by atoms with van der Waals surface area (Å²) in [6.45, 7) is 1.41. The van der Waals surface area contributed by atoms with Crippen LogP contribution in [-0.4, -0.2) is 49.8 Å². The molecular formula is C15H21NO5. The third-order valence-electron chi connectivity index (χ3n) is 3.50. The highest BCUT2D eigenvalue weighted by Crippen LogP contribution is 2.38. The Bertz CT molecular complexity index is 472. The summed E-state index contributed by atoms with van der Waals surface area (Å²) in [5.74, 6) is 1.22. The lowest BCUT2D eigenvalue weighted by atomic mass is 10.2. The summed E-state index contributed by atoms with van der Waals surface area (Å²) in [6.07, 6.45) is 2.09. The van der Waals surface area contributed by atoms with Crippen molar-refractivity contribution in [2.45, 2.75) is 19.4 Å². The zero-order valence-electron chi connectivity index (χ0n) is 12.4. The van der Waals surface area contributed by atoms with Gasteiger partial charge in [0.2, 0.25) is 5.75 Å². The van der Waals surface area contributed by atoms with Crippen molar-refractivity contribution in [1.29, 1.82) is 0 Å². The molecule has 1 aliphatic rings. The molecule has 1 saturated heterocycles. The Morgan fingerprint density at radius 2 is 1.76 bits per heavy atom. The summed E-state index contributed by atoms with van der Waals surface area (Å²) in [5, 5.41) is 9.22. The van der Waals surface area contributed by atoms with E-state index in [1.54, 1.807) is 17.0 Å². The molecule has 116 valence electrons. The molecule has 1 aliphatic heterocycles. The van der Waals surface area contributed by atoms with Gasteiger partial charge in [-0.05, 0) is 30.5 Å². The third-order valence-corrected chi connectivity index (χ3v) is 3.50. The molecule has 0 saturated carbocycles. The largest absolute Gasteiger partial charge is 0.493 e. The van der Waals surface area contributed by atoms with Crippen LogP contribution >= 0.6 is 0 Å². The monoisotopic (exact) mass is 295 g/mol. The fourth-order valence-corrected chi connectivity index (χ4v) is 2.36. The Morgan fingerprint density at radius 1 is 1.19 bits per heavy atom. The van der Waals surface area contributed by atoms with E-state index in [0.717, 1.165) is 25.9 Å². The van der Waals surface area contributed by atoms with Crippen LogP contribution in [0.15, 0.2) is 12.1 Å². The van der Waals surface area contributed by atoms with Crippen LogP contribution in [0.1, 0.15) is 18.4 Å². The molecule has 2 rings (SSSR count). The first-order chi connectivity index (χ1) is 10.2. The average Bonchev–Trinajstić information content (AvgIpc) is 3.06. The van der Waals surface area contributed by atoms with E-state index in [9.17, 15) is 9.90 Å². The maximum absolute atomic E-state index is 12.0. The van der Waals surface area contributed by atoms with E-state index >= 15 is 0 Å².